The molecule has 0 spiro atoms. The third kappa shape index (κ3) is 2.44. The van der Waals surface area contributed by atoms with Crippen LogP contribution in [0.4, 0.5) is 0 Å². The van der Waals surface area contributed by atoms with Crippen molar-refractivity contribution in [1.82, 2.24) is 9.97 Å². The van der Waals surface area contributed by atoms with Gasteiger partial charge < -0.3 is 4.74 Å². The van der Waals surface area contributed by atoms with E-state index in [-0.39, 0.29) is 5.28 Å². The fourth-order valence-corrected chi connectivity index (χ4v) is 1.84. The second kappa shape index (κ2) is 5.33. The van der Waals surface area contributed by atoms with Gasteiger partial charge in [-0.3, -0.25) is 0 Å². The van der Waals surface area contributed by atoms with Crippen LogP contribution in [0.25, 0.3) is 11.3 Å². The molecule has 6 heteroatoms. The lowest BCUT2D eigenvalue weighted by Crippen LogP contribution is -2.04. The van der Waals surface area contributed by atoms with Crippen LogP contribution in [0.15, 0.2) is 30.5 Å². The molecule has 0 aliphatic rings. The first-order valence-corrected chi connectivity index (χ1v) is 5.75. The Labute approximate surface area is 114 Å². The number of methoxy groups -OCH3 is 1. The van der Waals surface area contributed by atoms with Gasteiger partial charge in [0.25, 0.3) is 0 Å². The molecule has 92 valence electrons. The van der Waals surface area contributed by atoms with Crippen molar-refractivity contribution in [2.75, 3.05) is 7.11 Å². The molecular weight excluding hydrogens is 275 g/mol. The van der Waals surface area contributed by atoms with Gasteiger partial charge in [0.2, 0.25) is 5.28 Å². The molecule has 4 nitrogen and oxygen atoms in total. The van der Waals surface area contributed by atoms with Crippen molar-refractivity contribution >= 4 is 29.2 Å². The zero-order chi connectivity index (χ0) is 13.1. The molecular formula is C12H8Cl2N2O2. The summed E-state index contributed by atoms with van der Waals surface area (Å²) < 4.78 is 4.71. The third-order valence-electron chi connectivity index (χ3n) is 2.30. The Morgan fingerprint density at radius 1 is 1.28 bits per heavy atom. The van der Waals surface area contributed by atoms with E-state index in [1.54, 1.807) is 24.3 Å². The number of hydrogen-bond donors (Lipinski definition) is 0. The highest BCUT2D eigenvalue weighted by molar-refractivity contribution is 6.33. The molecule has 0 aliphatic heterocycles. The topological polar surface area (TPSA) is 52.1 Å². The second-order valence-electron chi connectivity index (χ2n) is 3.37. The molecule has 0 aliphatic carbocycles. The van der Waals surface area contributed by atoms with E-state index in [0.29, 0.717) is 21.8 Å². The molecule has 0 unspecified atom stereocenters. The summed E-state index contributed by atoms with van der Waals surface area (Å²) in [5, 5.41) is 0.379. The largest absolute Gasteiger partial charge is 0.465 e. The summed E-state index contributed by atoms with van der Waals surface area (Å²) in [7, 11) is 1.31. The molecule has 0 radical (unpaired) electrons. The van der Waals surface area contributed by atoms with Gasteiger partial charge >= 0.3 is 5.97 Å². The second-order valence-corrected chi connectivity index (χ2v) is 4.12. The summed E-state index contributed by atoms with van der Waals surface area (Å²) in [6.45, 7) is 0. The first-order chi connectivity index (χ1) is 8.63. The number of esters is 1. The van der Waals surface area contributed by atoms with E-state index in [1.807, 2.05) is 0 Å². The minimum Gasteiger partial charge on any atom is -0.465 e. The molecule has 2 rings (SSSR count). The number of carbonyl (C=O) groups excluding carboxylic acids is 1. The number of nitrogens with zero attached hydrogens (tertiary/aromatic N) is 2. The summed E-state index contributed by atoms with van der Waals surface area (Å²) in [4.78, 5) is 19.5. The summed E-state index contributed by atoms with van der Waals surface area (Å²) in [5.41, 5.74) is 1.33. The van der Waals surface area contributed by atoms with E-state index in [1.165, 1.54) is 13.3 Å². The van der Waals surface area contributed by atoms with Gasteiger partial charge in [0.15, 0.2) is 0 Å². The normalized spacial score (nSPS) is 10.2. The van der Waals surface area contributed by atoms with Gasteiger partial charge in [-0.1, -0.05) is 29.8 Å². The van der Waals surface area contributed by atoms with Crippen molar-refractivity contribution in [1.29, 1.82) is 0 Å². The van der Waals surface area contributed by atoms with Gasteiger partial charge in [0, 0.05) is 5.56 Å². The maximum atomic E-state index is 11.7. The Morgan fingerprint density at radius 2 is 2.00 bits per heavy atom. The predicted octanol–water partition coefficient (Wildman–Crippen LogP) is 3.24. The Morgan fingerprint density at radius 3 is 2.72 bits per heavy atom. The highest BCUT2D eigenvalue weighted by Crippen LogP contribution is 2.29. The van der Waals surface area contributed by atoms with Crippen molar-refractivity contribution in [3.8, 4) is 11.3 Å². The fourth-order valence-electron chi connectivity index (χ4n) is 1.51. The number of benzene rings is 1. The van der Waals surface area contributed by atoms with Gasteiger partial charge in [0.05, 0.1) is 29.6 Å². The molecule has 0 amide bonds. The van der Waals surface area contributed by atoms with E-state index in [0.717, 1.165) is 0 Å². The maximum Gasteiger partial charge on any atom is 0.338 e. The number of halogens is 2. The van der Waals surface area contributed by atoms with Crippen LogP contribution < -0.4 is 0 Å². The van der Waals surface area contributed by atoms with Crippen LogP contribution in [0.2, 0.25) is 10.3 Å². The minimum absolute atomic E-state index is 0.0640. The molecule has 2 aromatic rings. The number of hydrogen-bond acceptors (Lipinski definition) is 4. The van der Waals surface area contributed by atoms with Crippen molar-refractivity contribution in [3.63, 3.8) is 0 Å². The molecule has 1 aromatic carbocycles. The molecule has 0 atom stereocenters. The van der Waals surface area contributed by atoms with Crippen molar-refractivity contribution < 1.29 is 9.53 Å². The molecule has 18 heavy (non-hydrogen) atoms. The maximum absolute atomic E-state index is 11.7. The Bertz CT molecular complexity index is 602. The smallest absolute Gasteiger partial charge is 0.338 e. The van der Waals surface area contributed by atoms with Gasteiger partial charge in [0.1, 0.15) is 0 Å². The van der Waals surface area contributed by atoms with Crippen molar-refractivity contribution in [2.24, 2.45) is 0 Å². The highest BCUT2D eigenvalue weighted by atomic mass is 35.5. The van der Waals surface area contributed by atoms with Crippen molar-refractivity contribution in [3.05, 3.63) is 46.3 Å². The van der Waals surface area contributed by atoms with E-state index in [4.69, 9.17) is 27.9 Å². The Balaban J connectivity index is 2.64. The summed E-state index contributed by atoms with van der Waals surface area (Å²) in [5.74, 6) is -0.462. The van der Waals surface area contributed by atoms with Crippen LogP contribution in [-0.4, -0.2) is 23.0 Å². The summed E-state index contributed by atoms with van der Waals surface area (Å²) >= 11 is 11.8. The standard InChI is InChI=1S/C12H8Cl2N2O2/c1-18-11(17)8-5-3-2-4-7(8)10-9(13)6-15-12(14)16-10/h2-6H,1H3. The first kappa shape index (κ1) is 12.8. The molecule has 0 saturated heterocycles. The van der Waals surface area contributed by atoms with E-state index in [9.17, 15) is 4.79 Å². The van der Waals surface area contributed by atoms with E-state index in [2.05, 4.69) is 9.97 Å². The van der Waals surface area contributed by atoms with Crippen LogP contribution in [-0.2, 0) is 4.74 Å². The molecule has 0 fully saturated rings. The number of ether oxygens (including phenoxy) is 1. The van der Waals surface area contributed by atoms with Crippen molar-refractivity contribution in [2.45, 2.75) is 0 Å². The molecule has 1 aromatic heterocycles. The van der Waals surface area contributed by atoms with Crippen LogP contribution in [0.5, 0.6) is 0 Å². The lowest BCUT2D eigenvalue weighted by molar-refractivity contribution is 0.0601. The number of aromatic nitrogens is 2. The Hall–Kier alpha value is -1.65. The van der Waals surface area contributed by atoms with Crippen LogP contribution in [0.3, 0.4) is 0 Å². The van der Waals surface area contributed by atoms with Gasteiger partial charge in [-0.2, -0.15) is 0 Å². The highest BCUT2D eigenvalue weighted by Gasteiger charge is 2.16. The van der Waals surface area contributed by atoms with Crippen LogP contribution in [0, 0.1) is 0 Å². The lowest BCUT2D eigenvalue weighted by atomic mass is 10.0. The minimum atomic E-state index is -0.462. The quantitative estimate of drug-likeness (QED) is 0.627. The average Bonchev–Trinajstić information content (AvgIpc) is 2.40. The molecule has 0 saturated carbocycles. The predicted molar refractivity (Wildman–Crippen MR) is 68.8 cm³/mol. The van der Waals surface area contributed by atoms with E-state index < -0.39 is 5.97 Å². The Kier molecular flexibility index (Phi) is 3.79. The molecule has 0 N–H and O–H groups in total. The SMILES string of the molecule is COC(=O)c1ccccc1-c1nc(Cl)ncc1Cl. The average molecular weight is 283 g/mol. The zero-order valence-electron chi connectivity index (χ0n) is 9.35. The van der Waals surface area contributed by atoms with Gasteiger partial charge in [-0.15, -0.1) is 0 Å². The first-order valence-electron chi connectivity index (χ1n) is 4.99. The number of carbonyl (C=O) groups is 1. The molecule has 0 bridgehead atoms. The summed E-state index contributed by atoms with van der Waals surface area (Å²) in [6, 6.07) is 6.85. The van der Waals surface area contributed by atoms with Gasteiger partial charge in [-0.05, 0) is 17.7 Å². The monoisotopic (exact) mass is 282 g/mol. The van der Waals surface area contributed by atoms with Crippen LogP contribution in [0.1, 0.15) is 10.4 Å². The lowest BCUT2D eigenvalue weighted by Gasteiger charge is -2.08. The van der Waals surface area contributed by atoms with Gasteiger partial charge in [-0.25, -0.2) is 14.8 Å². The summed E-state index contributed by atoms with van der Waals surface area (Å²) in [6.07, 6.45) is 1.39. The van der Waals surface area contributed by atoms with E-state index >= 15 is 0 Å². The third-order valence-corrected chi connectivity index (χ3v) is 2.76. The number of rotatable bonds is 2. The zero-order valence-corrected chi connectivity index (χ0v) is 10.9. The van der Waals surface area contributed by atoms with Crippen LogP contribution >= 0.6 is 23.2 Å². The fraction of sp³-hybridized carbons (Fsp3) is 0.0833. The molecule has 1 heterocycles.